The second-order valence-electron chi connectivity index (χ2n) is 4.37. The molecule has 0 unspecified atom stereocenters. The molecule has 106 valence electrons. The molecule has 0 aliphatic rings. The average molecular weight is 275 g/mol. The van der Waals surface area contributed by atoms with Crippen LogP contribution in [0.2, 0.25) is 0 Å². The van der Waals surface area contributed by atoms with Crippen LogP contribution in [0.3, 0.4) is 0 Å². The summed E-state index contributed by atoms with van der Waals surface area (Å²) < 4.78 is 15.7. The van der Waals surface area contributed by atoms with Gasteiger partial charge in [0.25, 0.3) is 5.91 Å². The Morgan fingerprint density at radius 2 is 1.80 bits per heavy atom. The van der Waals surface area contributed by atoms with Gasteiger partial charge in [-0.2, -0.15) is 0 Å². The van der Waals surface area contributed by atoms with E-state index in [-0.39, 0.29) is 11.7 Å². The van der Waals surface area contributed by atoms with Gasteiger partial charge >= 0.3 is 0 Å². The van der Waals surface area contributed by atoms with E-state index in [4.69, 9.17) is 13.9 Å². The molecular weight excluding hydrogens is 258 g/mol. The van der Waals surface area contributed by atoms with E-state index in [1.54, 1.807) is 38.5 Å². The number of hydrogen-bond donors (Lipinski definition) is 1. The molecule has 2 rings (SSSR count). The number of furan rings is 1. The van der Waals surface area contributed by atoms with Gasteiger partial charge in [-0.05, 0) is 37.6 Å². The highest BCUT2D eigenvalue weighted by Crippen LogP contribution is 2.30. The maximum absolute atomic E-state index is 12.1. The molecule has 5 heteroatoms. The summed E-state index contributed by atoms with van der Waals surface area (Å²) in [7, 11) is 3.10. The van der Waals surface area contributed by atoms with Crippen molar-refractivity contribution in [3.63, 3.8) is 0 Å². The highest BCUT2D eigenvalue weighted by Gasteiger charge is 2.13. The number of rotatable bonds is 4. The van der Waals surface area contributed by atoms with E-state index in [1.165, 1.54) is 0 Å². The summed E-state index contributed by atoms with van der Waals surface area (Å²) in [4.78, 5) is 12.1. The number of benzene rings is 1. The van der Waals surface area contributed by atoms with Crippen molar-refractivity contribution in [2.75, 3.05) is 19.5 Å². The Labute approximate surface area is 117 Å². The molecule has 0 aliphatic carbocycles. The Hall–Kier alpha value is -2.43. The van der Waals surface area contributed by atoms with Gasteiger partial charge in [-0.25, -0.2) is 0 Å². The standard InChI is InChI=1S/C15H17NO4/c1-9-7-14(20-10(9)2)15(17)16-11-5-6-12(18-3)13(8-11)19-4/h5-8H,1-4H3,(H,16,17). The van der Waals surface area contributed by atoms with Gasteiger partial charge in [-0.1, -0.05) is 0 Å². The van der Waals surface area contributed by atoms with Crippen LogP contribution >= 0.6 is 0 Å². The Kier molecular flexibility index (Phi) is 3.98. The van der Waals surface area contributed by atoms with Gasteiger partial charge in [-0.3, -0.25) is 4.79 Å². The van der Waals surface area contributed by atoms with E-state index in [2.05, 4.69) is 5.32 Å². The van der Waals surface area contributed by atoms with E-state index in [9.17, 15) is 4.79 Å². The second kappa shape index (κ2) is 5.69. The second-order valence-corrected chi connectivity index (χ2v) is 4.37. The third kappa shape index (κ3) is 2.77. The number of amides is 1. The highest BCUT2D eigenvalue weighted by atomic mass is 16.5. The first-order valence-corrected chi connectivity index (χ1v) is 6.15. The summed E-state index contributed by atoms with van der Waals surface area (Å²) >= 11 is 0. The molecule has 1 aromatic heterocycles. The van der Waals surface area contributed by atoms with Gasteiger partial charge in [0.05, 0.1) is 14.2 Å². The zero-order chi connectivity index (χ0) is 14.7. The van der Waals surface area contributed by atoms with Gasteiger partial charge < -0.3 is 19.2 Å². The minimum atomic E-state index is -0.298. The lowest BCUT2D eigenvalue weighted by Crippen LogP contribution is -2.11. The predicted octanol–water partition coefficient (Wildman–Crippen LogP) is 3.17. The van der Waals surface area contributed by atoms with Crippen molar-refractivity contribution in [1.29, 1.82) is 0 Å². The summed E-state index contributed by atoms with van der Waals surface area (Å²) in [5.41, 5.74) is 1.56. The van der Waals surface area contributed by atoms with Crippen molar-refractivity contribution in [2.45, 2.75) is 13.8 Å². The molecular formula is C15H17NO4. The fourth-order valence-corrected chi connectivity index (χ4v) is 1.79. The number of anilines is 1. The number of carbonyl (C=O) groups excluding carboxylic acids is 1. The smallest absolute Gasteiger partial charge is 0.291 e. The molecule has 0 spiro atoms. The van der Waals surface area contributed by atoms with Gasteiger partial charge in [0, 0.05) is 11.8 Å². The van der Waals surface area contributed by atoms with Crippen molar-refractivity contribution in [2.24, 2.45) is 0 Å². The molecule has 0 bridgehead atoms. The fraction of sp³-hybridized carbons (Fsp3) is 0.267. The Morgan fingerprint density at radius 3 is 2.35 bits per heavy atom. The number of ether oxygens (including phenoxy) is 2. The molecule has 2 aromatic rings. The average Bonchev–Trinajstić information content (AvgIpc) is 2.78. The van der Waals surface area contributed by atoms with Crippen molar-refractivity contribution in [3.8, 4) is 11.5 Å². The van der Waals surface area contributed by atoms with Crippen LogP contribution in [0.5, 0.6) is 11.5 Å². The Balaban J connectivity index is 2.19. The molecule has 1 N–H and O–H groups in total. The van der Waals surface area contributed by atoms with Crippen LogP contribution in [0.1, 0.15) is 21.9 Å². The fourth-order valence-electron chi connectivity index (χ4n) is 1.79. The van der Waals surface area contributed by atoms with Crippen LogP contribution in [-0.2, 0) is 0 Å². The zero-order valence-electron chi connectivity index (χ0n) is 11.9. The summed E-state index contributed by atoms with van der Waals surface area (Å²) in [5, 5.41) is 2.76. The quantitative estimate of drug-likeness (QED) is 0.931. The molecule has 0 aliphatic heterocycles. The van der Waals surface area contributed by atoms with Gasteiger partial charge in [0.1, 0.15) is 5.76 Å². The maximum Gasteiger partial charge on any atom is 0.291 e. The molecule has 1 amide bonds. The van der Waals surface area contributed by atoms with Crippen LogP contribution < -0.4 is 14.8 Å². The highest BCUT2D eigenvalue weighted by molar-refractivity contribution is 6.02. The number of carbonyl (C=O) groups is 1. The summed E-state index contributed by atoms with van der Waals surface area (Å²) in [5.74, 6) is 1.89. The molecule has 0 saturated carbocycles. The third-order valence-corrected chi connectivity index (χ3v) is 3.03. The topological polar surface area (TPSA) is 60.7 Å². The Bertz CT molecular complexity index is 611. The van der Waals surface area contributed by atoms with Crippen LogP contribution in [0.4, 0.5) is 5.69 Å². The monoisotopic (exact) mass is 275 g/mol. The zero-order valence-corrected chi connectivity index (χ0v) is 11.9. The van der Waals surface area contributed by atoms with Gasteiger partial charge in [-0.15, -0.1) is 0 Å². The van der Waals surface area contributed by atoms with E-state index in [1.807, 2.05) is 13.8 Å². The van der Waals surface area contributed by atoms with Crippen LogP contribution in [0.25, 0.3) is 0 Å². The summed E-state index contributed by atoms with van der Waals surface area (Å²) in [6.45, 7) is 3.72. The minimum absolute atomic E-state index is 0.287. The summed E-state index contributed by atoms with van der Waals surface area (Å²) in [6, 6.07) is 6.87. The van der Waals surface area contributed by atoms with Gasteiger partial charge in [0.15, 0.2) is 17.3 Å². The molecule has 0 fully saturated rings. The number of aryl methyl sites for hydroxylation is 2. The normalized spacial score (nSPS) is 10.2. The minimum Gasteiger partial charge on any atom is -0.493 e. The van der Waals surface area contributed by atoms with E-state index < -0.39 is 0 Å². The molecule has 0 saturated heterocycles. The number of methoxy groups -OCH3 is 2. The van der Waals surface area contributed by atoms with Crippen molar-refractivity contribution in [3.05, 3.63) is 41.3 Å². The largest absolute Gasteiger partial charge is 0.493 e. The van der Waals surface area contributed by atoms with E-state index in [0.29, 0.717) is 17.2 Å². The first-order valence-electron chi connectivity index (χ1n) is 6.15. The molecule has 1 aromatic carbocycles. The van der Waals surface area contributed by atoms with Crippen molar-refractivity contribution in [1.82, 2.24) is 0 Å². The predicted molar refractivity (Wildman–Crippen MR) is 75.7 cm³/mol. The third-order valence-electron chi connectivity index (χ3n) is 3.03. The van der Waals surface area contributed by atoms with Crippen LogP contribution in [-0.4, -0.2) is 20.1 Å². The van der Waals surface area contributed by atoms with E-state index in [0.717, 1.165) is 11.3 Å². The molecule has 0 radical (unpaired) electrons. The van der Waals surface area contributed by atoms with Crippen molar-refractivity contribution >= 4 is 11.6 Å². The van der Waals surface area contributed by atoms with Crippen LogP contribution in [0.15, 0.2) is 28.7 Å². The first kappa shape index (κ1) is 14.0. The molecule has 1 heterocycles. The summed E-state index contributed by atoms with van der Waals surface area (Å²) in [6.07, 6.45) is 0. The lowest BCUT2D eigenvalue weighted by molar-refractivity contribution is 0.0995. The van der Waals surface area contributed by atoms with E-state index >= 15 is 0 Å². The SMILES string of the molecule is COc1ccc(NC(=O)c2cc(C)c(C)o2)cc1OC. The van der Waals surface area contributed by atoms with Crippen molar-refractivity contribution < 1.29 is 18.7 Å². The Morgan fingerprint density at radius 1 is 1.10 bits per heavy atom. The molecule has 20 heavy (non-hydrogen) atoms. The molecule has 5 nitrogen and oxygen atoms in total. The lowest BCUT2D eigenvalue weighted by atomic mass is 10.2. The number of nitrogens with one attached hydrogen (secondary N) is 1. The maximum atomic E-state index is 12.1. The van der Waals surface area contributed by atoms with Gasteiger partial charge in [0.2, 0.25) is 0 Å². The first-order chi connectivity index (χ1) is 9.55. The number of hydrogen-bond acceptors (Lipinski definition) is 4. The van der Waals surface area contributed by atoms with Crippen LogP contribution in [0, 0.1) is 13.8 Å². The molecule has 0 atom stereocenters. The lowest BCUT2D eigenvalue weighted by Gasteiger charge is -2.09.